The molecule has 0 heterocycles. The Bertz CT molecular complexity index is 352. The Morgan fingerprint density at radius 2 is 1.68 bits per heavy atom. The van der Waals surface area contributed by atoms with Gasteiger partial charge < -0.3 is 10.2 Å². The van der Waals surface area contributed by atoms with E-state index in [-0.39, 0.29) is 0 Å². The molecule has 0 radical (unpaired) electrons. The first-order valence-electron chi connectivity index (χ1n) is 7.49. The minimum absolute atomic E-state index is 0.465. The highest BCUT2D eigenvalue weighted by Crippen LogP contribution is 2.23. The van der Waals surface area contributed by atoms with E-state index in [1.165, 1.54) is 17.7 Å². The lowest BCUT2D eigenvalue weighted by Gasteiger charge is -2.28. The maximum Gasteiger partial charge on any atom is 0.0366 e. The molecule has 0 saturated carbocycles. The molecule has 19 heavy (non-hydrogen) atoms. The predicted octanol–water partition coefficient (Wildman–Crippen LogP) is 4.23. The van der Waals surface area contributed by atoms with E-state index in [0.717, 1.165) is 12.3 Å². The number of hydrogen-bond acceptors (Lipinski definition) is 2. The molecule has 0 aromatic heterocycles. The predicted molar refractivity (Wildman–Crippen MR) is 85.9 cm³/mol. The summed E-state index contributed by atoms with van der Waals surface area (Å²) in [5, 5.41) is 3.35. The van der Waals surface area contributed by atoms with E-state index in [9.17, 15) is 0 Å². The summed E-state index contributed by atoms with van der Waals surface area (Å²) in [5.74, 6) is 0.741. The maximum absolute atomic E-state index is 3.35. The van der Waals surface area contributed by atoms with Crippen molar-refractivity contribution in [2.75, 3.05) is 19.0 Å². The second-order valence-electron chi connectivity index (χ2n) is 5.93. The fourth-order valence-corrected chi connectivity index (χ4v) is 2.64. The standard InChI is InChI=1S/C17H30N2/c1-7-17(18-5)15-8-10-16(11-9-15)19(6)14(4)12-13(2)3/h8-11,13-14,17-18H,7,12H2,1-6H3. The summed E-state index contributed by atoms with van der Waals surface area (Å²) in [5.41, 5.74) is 2.68. The lowest BCUT2D eigenvalue weighted by atomic mass is 10.0. The normalized spacial score (nSPS) is 14.5. The second-order valence-corrected chi connectivity index (χ2v) is 5.93. The summed E-state index contributed by atoms with van der Waals surface area (Å²) >= 11 is 0. The topological polar surface area (TPSA) is 15.3 Å². The highest BCUT2D eigenvalue weighted by Gasteiger charge is 2.12. The molecule has 2 atom stereocenters. The minimum Gasteiger partial charge on any atom is -0.372 e. The first-order chi connectivity index (χ1) is 8.99. The van der Waals surface area contributed by atoms with Crippen LogP contribution in [0.2, 0.25) is 0 Å². The van der Waals surface area contributed by atoms with Crippen LogP contribution in [-0.2, 0) is 0 Å². The van der Waals surface area contributed by atoms with Gasteiger partial charge in [-0.3, -0.25) is 0 Å². The van der Waals surface area contributed by atoms with Crippen LogP contribution < -0.4 is 10.2 Å². The van der Waals surface area contributed by atoms with Crippen LogP contribution in [0.1, 0.15) is 52.1 Å². The van der Waals surface area contributed by atoms with Crippen molar-refractivity contribution < 1.29 is 0 Å². The van der Waals surface area contributed by atoms with Gasteiger partial charge in [0.2, 0.25) is 0 Å². The monoisotopic (exact) mass is 262 g/mol. The van der Waals surface area contributed by atoms with Crippen LogP contribution in [0.5, 0.6) is 0 Å². The summed E-state index contributed by atoms with van der Waals surface area (Å²) in [6.45, 7) is 9.08. The Labute approximate surface area is 119 Å². The van der Waals surface area contributed by atoms with Gasteiger partial charge >= 0.3 is 0 Å². The molecular weight excluding hydrogens is 232 g/mol. The van der Waals surface area contributed by atoms with Crippen LogP contribution in [0.3, 0.4) is 0 Å². The molecule has 0 fully saturated rings. The zero-order chi connectivity index (χ0) is 14.4. The van der Waals surface area contributed by atoms with Crippen molar-refractivity contribution >= 4 is 5.69 Å². The van der Waals surface area contributed by atoms with E-state index in [0.29, 0.717) is 12.1 Å². The van der Waals surface area contributed by atoms with Gasteiger partial charge in [-0.2, -0.15) is 0 Å². The summed E-state index contributed by atoms with van der Waals surface area (Å²) < 4.78 is 0. The van der Waals surface area contributed by atoms with Gasteiger partial charge in [0.05, 0.1) is 0 Å². The molecule has 0 aliphatic carbocycles. The zero-order valence-electron chi connectivity index (χ0n) is 13.4. The molecule has 1 aromatic rings. The number of nitrogens with one attached hydrogen (secondary N) is 1. The van der Waals surface area contributed by atoms with Crippen molar-refractivity contribution in [2.24, 2.45) is 5.92 Å². The largest absolute Gasteiger partial charge is 0.372 e. The highest BCUT2D eigenvalue weighted by atomic mass is 15.1. The third kappa shape index (κ3) is 4.54. The molecule has 0 bridgehead atoms. The number of nitrogens with zero attached hydrogens (tertiary/aromatic N) is 1. The fourth-order valence-electron chi connectivity index (χ4n) is 2.64. The summed E-state index contributed by atoms with van der Waals surface area (Å²) in [7, 11) is 4.22. The van der Waals surface area contributed by atoms with Gasteiger partial charge in [-0.15, -0.1) is 0 Å². The van der Waals surface area contributed by atoms with Crippen LogP contribution in [-0.4, -0.2) is 20.1 Å². The average molecular weight is 262 g/mol. The van der Waals surface area contributed by atoms with Crippen molar-refractivity contribution in [3.05, 3.63) is 29.8 Å². The summed E-state index contributed by atoms with van der Waals surface area (Å²) in [6.07, 6.45) is 2.35. The Morgan fingerprint density at radius 3 is 2.11 bits per heavy atom. The van der Waals surface area contributed by atoms with E-state index < -0.39 is 0 Å². The fraction of sp³-hybridized carbons (Fsp3) is 0.647. The van der Waals surface area contributed by atoms with Crippen molar-refractivity contribution in [1.29, 1.82) is 0 Å². The second kappa shape index (κ2) is 7.54. The molecule has 2 heteroatoms. The molecule has 2 unspecified atom stereocenters. The molecule has 0 amide bonds. The Hall–Kier alpha value is -1.02. The van der Waals surface area contributed by atoms with Crippen molar-refractivity contribution in [3.8, 4) is 0 Å². The number of anilines is 1. The van der Waals surface area contributed by atoms with Gasteiger partial charge in [0.15, 0.2) is 0 Å². The van der Waals surface area contributed by atoms with E-state index in [1.807, 2.05) is 7.05 Å². The van der Waals surface area contributed by atoms with Gasteiger partial charge in [-0.05, 0) is 50.4 Å². The third-order valence-corrected chi connectivity index (χ3v) is 3.93. The lowest BCUT2D eigenvalue weighted by Crippen LogP contribution is -2.30. The summed E-state index contributed by atoms with van der Waals surface area (Å²) in [4.78, 5) is 2.38. The number of rotatable bonds is 7. The smallest absolute Gasteiger partial charge is 0.0366 e. The molecular formula is C17H30N2. The molecule has 1 rings (SSSR count). The van der Waals surface area contributed by atoms with Crippen molar-refractivity contribution in [2.45, 2.75) is 52.6 Å². The molecule has 0 aliphatic heterocycles. The van der Waals surface area contributed by atoms with Crippen LogP contribution >= 0.6 is 0 Å². The van der Waals surface area contributed by atoms with Gasteiger partial charge in [-0.25, -0.2) is 0 Å². The minimum atomic E-state index is 0.465. The van der Waals surface area contributed by atoms with Crippen molar-refractivity contribution in [1.82, 2.24) is 5.32 Å². The van der Waals surface area contributed by atoms with E-state index >= 15 is 0 Å². The van der Waals surface area contributed by atoms with Crippen molar-refractivity contribution in [3.63, 3.8) is 0 Å². The zero-order valence-corrected chi connectivity index (χ0v) is 13.4. The maximum atomic E-state index is 3.35. The molecule has 2 nitrogen and oxygen atoms in total. The van der Waals surface area contributed by atoms with E-state index in [4.69, 9.17) is 0 Å². The van der Waals surface area contributed by atoms with Gasteiger partial charge in [-0.1, -0.05) is 32.9 Å². The van der Waals surface area contributed by atoms with Gasteiger partial charge in [0.25, 0.3) is 0 Å². The highest BCUT2D eigenvalue weighted by molar-refractivity contribution is 5.48. The molecule has 0 aliphatic rings. The van der Waals surface area contributed by atoms with Crippen LogP contribution in [0, 0.1) is 5.92 Å². The third-order valence-electron chi connectivity index (χ3n) is 3.93. The van der Waals surface area contributed by atoms with Crippen LogP contribution in [0.4, 0.5) is 5.69 Å². The number of benzene rings is 1. The van der Waals surface area contributed by atoms with E-state index in [1.54, 1.807) is 0 Å². The Kier molecular flexibility index (Phi) is 6.36. The number of hydrogen-bond donors (Lipinski definition) is 1. The SMILES string of the molecule is CCC(NC)c1ccc(N(C)C(C)CC(C)C)cc1. The molecule has 1 aromatic carbocycles. The van der Waals surface area contributed by atoms with E-state index in [2.05, 4.69) is 69.2 Å². The first kappa shape index (κ1) is 16.0. The summed E-state index contributed by atoms with van der Waals surface area (Å²) in [6, 6.07) is 10.0. The van der Waals surface area contributed by atoms with Gasteiger partial charge in [0.1, 0.15) is 0 Å². The Balaban J connectivity index is 2.75. The average Bonchev–Trinajstić information content (AvgIpc) is 2.39. The molecule has 0 spiro atoms. The van der Waals surface area contributed by atoms with Crippen LogP contribution in [0.15, 0.2) is 24.3 Å². The lowest BCUT2D eigenvalue weighted by molar-refractivity contribution is 0.504. The first-order valence-corrected chi connectivity index (χ1v) is 7.49. The molecule has 1 N–H and O–H groups in total. The molecule has 108 valence electrons. The van der Waals surface area contributed by atoms with Gasteiger partial charge in [0, 0.05) is 24.8 Å². The Morgan fingerprint density at radius 1 is 1.11 bits per heavy atom. The quantitative estimate of drug-likeness (QED) is 0.791. The molecule has 0 saturated heterocycles. The van der Waals surface area contributed by atoms with Crippen LogP contribution in [0.25, 0.3) is 0 Å².